The van der Waals surface area contributed by atoms with E-state index in [0.29, 0.717) is 0 Å². The zero-order valence-electron chi connectivity index (χ0n) is 11.3. The zero-order valence-corrected chi connectivity index (χ0v) is 12.1. The lowest BCUT2D eigenvalue weighted by Crippen LogP contribution is -1.97. The highest BCUT2D eigenvalue weighted by molar-refractivity contribution is 7.16. The van der Waals surface area contributed by atoms with Gasteiger partial charge in [-0.05, 0) is 18.6 Å². The Balaban J connectivity index is 2.05. The SMILES string of the molecule is CCCCc1nn2c(CO)c(-c3cccnc3)nc2s1. The summed E-state index contributed by atoms with van der Waals surface area (Å²) in [6.45, 7) is 2.08. The number of fused-ring (bicyclic) bond motifs is 1. The number of nitrogens with zero attached hydrogens (tertiary/aromatic N) is 4. The summed E-state index contributed by atoms with van der Waals surface area (Å²) in [5.41, 5.74) is 2.40. The van der Waals surface area contributed by atoms with Gasteiger partial charge in [0.1, 0.15) is 5.01 Å². The Morgan fingerprint density at radius 3 is 3.00 bits per heavy atom. The molecule has 0 aromatic carbocycles. The summed E-state index contributed by atoms with van der Waals surface area (Å²) in [5, 5.41) is 15.3. The van der Waals surface area contributed by atoms with Gasteiger partial charge in [0.15, 0.2) is 0 Å². The third-order valence-electron chi connectivity index (χ3n) is 3.17. The third kappa shape index (κ3) is 2.32. The molecule has 0 spiro atoms. The van der Waals surface area contributed by atoms with Crippen molar-refractivity contribution in [1.29, 1.82) is 0 Å². The number of aliphatic hydroxyl groups is 1. The Labute approximate surface area is 120 Å². The normalized spacial score (nSPS) is 11.3. The highest BCUT2D eigenvalue weighted by Crippen LogP contribution is 2.27. The summed E-state index contributed by atoms with van der Waals surface area (Å²) >= 11 is 1.59. The minimum absolute atomic E-state index is 0.0810. The minimum atomic E-state index is -0.0810. The number of aromatic nitrogens is 4. The number of pyridine rings is 1. The lowest BCUT2D eigenvalue weighted by molar-refractivity contribution is 0.275. The molecule has 0 saturated carbocycles. The first-order valence-corrected chi connectivity index (χ1v) is 7.53. The molecule has 0 unspecified atom stereocenters. The average molecular weight is 288 g/mol. The minimum Gasteiger partial charge on any atom is -0.390 e. The summed E-state index contributed by atoms with van der Waals surface area (Å²) in [6, 6.07) is 3.81. The molecular weight excluding hydrogens is 272 g/mol. The van der Waals surface area contributed by atoms with Crippen LogP contribution in [-0.4, -0.2) is 24.7 Å². The van der Waals surface area contributed by atoms with Gasteiger partial charge in [-0.2, -0.15) is 5.10 Å². The fourth-order valence-corrected chi connectivity index (χ4v) is 3.09. The first kappa shape index (κ1) is 13.2. The molecule has 0 atom stereocenters. The summed E-state index contributed by atoms with van der Waals surface area (Å²) in [6.07, 6.45) is 6.72. The number of aryl methyl sites for hydroxylation is 1. The smallest absolute Gasteiger partial charge is 0.213 e. The molecule has 104 valence electrons. The van der Waals surface area contributed by atoms with Gasteiger partial charge in [-0.15, -0.1) is 0 Å². The molecule has 0 aliphatic heterocycles. The lowest BCUT2D eigenvalue weighted by atomic mass is 10.2. The molecule has 3 heterocycles. The molecule has 6 heteroatoms. The van der Waals surface area contributed by atoms with E-state index >= 15 is 0 Å². The van der Waals surface area contributed by atoms with Crippen LogP contribution >= 0.6 is 11.3 Å². The van der Waals surface area contributed by atoms with Gasteiger partial charge in [0.05, 0.1) is 18.0 Å². The van der Waals surface area contributed by atoms with Crippen LogP contribution in [-0.2, 0) is 13.0 Å². The number of imidazole rings is 1. The van der Waals surface area contributed by atoms with E-state index in [2.05, 4.69) is 22.0 Å². The second-order valence-electron chi connectivity index (χ2n) is 4.60. The van der Waals surface area contributed by atoms with Crippen LogP contribution < -0.4 is 0 Å². The van der Waals surface area contributed by atoms with Crippen molar-refractivity contribution in [3.8, 4) is 11.3 Å². The van der Waals surface area contributed by atoms with Crippen molar-refractivity contribution in [3.05, 3.63) is 35.2 Å². The molecule has 3 aromatic heterocycles. The number of unbranched alkanes of at least 4 members (excludes halogenated alkanes) is 1. The summed E-state index contributed by atoms with van der Waals surface area (Å²) in [7, 11) is 0. The number of aliphatic hydroxyl groups excluding tert-OH is 1. The van der Waals surface area contributed by atoms with Gasteiger partial charge in [-0.25, -0.2) is 9.50 Å². The monoisotopic (exact) mass is 288 g/mol. The maximum atomic E-state index is 9.64. The molecule has 20 heavy (non-hydrogen) atoms. The van der Waals surface area contributed by atoms with E-state index in [1.165, 1.54) is 0 Å². The Bertz CT molecular complexity index is 705. The van der Waals surface area contributed by atoms with Crippen LogP contribution in [0.2, 0.25) is 0 Å². The second-order valence-corrected chi connectivity index (χ2v) is 5.64. The second kappa shape index (κ2) is 5.68. The first-order valence-electron chi connectivity index (χ1n) is 6.72. The van der Waals surface area contributed by atoms with Crippen molar-refractivity contribution < 1.29 is 5.11 Å². The van der Waals surface area contributed by atoms with E-state index in [1.54, 1.807) is 28.2 Å². The zero-order chi connectivity index (χ0) is 13.9. The Morgan fingerprint density at radius 2 is 2.30 bits per heavy atom. The first-order chi connectivity index (χ1) is 9.83. The standard InChI is InChI=1S/C14H16N4OS/c1-2-3-6-12-17-18-11(9-19)13(16-14(18)20-12)10-5-4-7-15-8-10/h4-5,7-8,19H,2-3,6,9H2,1H3. The van der Waals surface area contributed by atoms with Crippen molar-refractivity contribution in [2.45, 2.75) is 32.8 Å². The van der Waals surface area contributed by atoms with E-state index in [1.807, 2.05) is 12.1 Å². The summed E-state index contributed by atoms with van der Waals surface area (Å²) in [5.74, 6) is 0. The highest BCUT2D eigenvalue weighted by Gasteiger charge is 2.17. The molecular formula is C14H16N4OS. The van der Waals surface area contributed by atoms with E-state index in [-0.39, 0.29) is 6.61 Å². The number of rotatable bonds is 5. The van der Waals surface area contributed by atoms with Gasteiger partial charge in [0, 0.05) is 24.4 Å². The van der Waals surface area contributed by atoms with Crippen molar-refractivity contribution >= 4 is 16.3 Å². The predicted octanol–water partition coefficient (Wildman–Crippen LogP) is 2.69. The summed E-state index contributed by atoms with van der Waals surface area (Å²) < 4.78 is 1.76. The highest BCUT2D eigenvalue weighted by atomic mass is 32.1. The van der Waals surface area contributed by atoms with Crippen molar-refractivity contribution in [1.82, 2.24) is 19.6 Å². The number of hydrogen-bond acceptors (Lipinski definition) is 5. The van der Waals surface area contributed by atoms with Gasteiger partial charge in [0.2, 0.25) is 4.96 Å². The molecule has 0 bridgehead atoms. The largest absolute Gasteiger partial charge is 0.390 e. The Kier molecular flexibility index (Phi) is 3.75. The van der Waals surface area contributed by atoms with Crippen molar-refractivity contribution in [3.63, 3.8) is 0 Å². The quantitative estimate of drug-likeness (QED) is 0.784. The van der Waals surface area contributed by atoms with Crippen LogP contribution in [0.3, 0.4) is 0 Å². The van der Waals surface area contributed by atoms with Crippen molar-refractivity contribution in [2.24, 2.45) is 0 Å². The van der Waals surface area contributed by atoms with Crippen LogP contribution in [0.15, 0.2) is 24.5 Å². The van der Waals surface area contributed by atoms with Crippen LogP contribution in [0.25, 0.3) is 16.2 Å². The van der Waals surface area contributed by atoms with Crippen molar-refractivity contribution in [2.75, 3.05) is 0 Å². The molecule has 0 aliphatic carbocycles. The summed E-state index contributed by atoms with van der Waals surface area (Å²) in [4.78, 5) is 9.54. The Hall–Kier alpha value is -1.79. The van der Waals surface area contributed by atoms with Gasteiger partial charge in [-0.3, -0.25) is 4.98 Å². The van der Waals surface area contributed by atoms with Crippen LogP contribution in [0.4, 0.5) is 0 Å². The van der Waals surface area contributed by atoms with Gasteiger partial charge in [0.25, 0.3) is 0 Å². The molecule has 0 amide bonds. The maximum absolute atomic E-state index is 9.64. The van der Waals surface area contributed by atoms with E-state index < -0.39 is 0 Å². The van der Waals surface area contributed by atoms with Crippen LogP contribution in [0, 0.1) is 0 Å². The molecule has 0 saturated heterocycles. The molecule has 0 fully saturated rings. The van der Waals surface area contributed by atoms with Gasteiger partial charge >= 0.3 is 0 Å². The third-order valence-corrected chi connectivity index (χ3v) is 4.14. The number of hydrogen-bond donors (Lipinski definition) is 1. The maximum Gasteiger partial charge on any atom is 0.213 e. The topological polar surface area (TPSA) is 63.3 Å². The van der Waals surface area contributed by atoms with E-state index in [9.17, 15) is 5.11 Å². The van der Waals surface area contributed by atoms with Crippen LogP contribution in [0.1, 0.15) is 30.5 Å². The molecule has 1 N–H and O–H groups in total. The molecule has 3 rings (SSSR count). The van der Waals surface area contributed by atoms with Crippen LogP contribution in [0.5, 0.6) is 0 Å². The fraction of sp³-hybridized carbons (Fsp3) is 0.357. The van der Waals surface area contributed by atoms with E-state index in [0.717, 1.165) is 46.2 Å². The molecule has 5 nitrogen and oxygen atoms in total. The van der Waals surface area contributed by atoms with Gasteiger partial charge in [-0.1, -0.05) is 24.7 Å². The van der Waals surface area contributed by atoms with E-state index in [4.69, 9.17) is 0 Å². The molecule has 0 radical (unpaired) electrons. The Morgan fingerprint density at radius 1 is 1.40 bits per heavy atom. The lowest BCUT2D eigenvalue weighted by Gasteiger charge is -1.99. The predicted molar refractivity (Wildman–Crippen MR) is 78.6 cm³/mol. The fourth-order valence-electron chi connectivity index (χ4n) is 2.13. The molecule has 0 aliphatic rings. The van der Waals surface area contributed by atoms with Gasteiger partial charge < -0.3 is 5.11 Å². The molecule has 3 aromatic rings. The average Bonchev–Trinajstić information content (AvgIpc) is 3.02.